The van der Waals surface area contributed by atoms with Gasteiger partial charge in [0, 0.05) is 19.2 Å². The van der Waals surface area contributed by atoms with Crippen molar-refractivity contribution < 1.29 is 27.8 Å². The third kappa shape index (κ3) is 12.1. The Morgan fingerprint density at radius 3 is 2.39 bits per heavy atom. The molecule has 0 aliphatic rings. The largest absolute Gasteiger partial charge is 0.390 e. The van der Waals surface area contributed by atoms with Gasteiger partial charge in [0.1, 0.15) is 0 Å². The Labute approximate surface area is 105 Å². The van der Waals surface area contributed by atoms with Crippen LogP contribution in [0.4, 0.5) is 13.2 Å². The lowest BCUT2D eigenvalue weighted by molar-refractivity contribution is -0.139. The van der Waals surface area contributed by atoms with Gasteiger partial charge >= 0.3 is 6.18 Å². The molecule has 0 amide bonds. The summed E-state index contributed by atoms with van der Waals surface area (Å²) in [4.78, 5) is 0. The van der Waals surface area contributed by atoms with Gasteiger partial charge in [0.2, 0.25) is 0 Å². The highest BCUT2D eigenvalue weighted by molar-refractivity contribution is 4.68. The van der Waals surface area contributed by atoms with E-state index in [-0.39, 0.29) is 13.2 Å². The topological polar surface area (TPSA) is 50.7 Å². The summed E-state index contributed by atoms with van der Waals surface area (Å²) in [7, 11) is 0. The van der Waals surface area contributed by atoms with Crippen LogP contribution in [0.3, 0.4) is 0 Å². The average Bonchev–Trinajstić information content (AvgIpc) is 2.24. The highest BCUT2D eigenvalue weighted by atomic mass is 19.4. The SMILES string of the molecule is CCOCCOCC(O)CNC(C)CC(F)(F)F. The van der Waals surface area contributed by atoms with Crippen LogP contribution in [0.25, 0.3) is 0 Å². The number of hydrogen-bond donors (Lipinski definition) is 2. The van der Waals surface area contributed by atoms with Crippen molar-refractivity contribution in [2.24, 2.45) is 0 Å². The summed E-state index contributed by atoms with van der Waals surface area (Å²) in [6.07, 6.45) is -5.92. The van der Waals surface area contributed by atoms with Gasteiger partial charge in [0.25, 0.3) is 0 Å². The summed E-state index contributed by atoms with van der Waals surface area (Å²) in [5.74, 6) is 0. The van der Waals surface area contributed by atoms with Crippen molar-refractivity contribution in [2.45, 2.75) is 38.6 Å². The van der Waals surface area contributed by atoms with E-state index in [9.17, 15) is 18.3 Å². The summed E-state index contributed by atoms with van der Waals surface area (Å²) < 4.78 is 46.1. The quantitative estimate of drug-likeness (QED) is 0.590. The predicted molar refractivity (Wildman–Crippen MR) is 61.5 cm³/mol. The molecule has 2 unspecified atom stereocenters. The summed E-state index contributed by atoms with van der Waals surface area (Å²) in [6.45, 7) is 4.86. The number of aliphatic hydroxyl groups excluding tert-OH is 1. The average molecular weight is 273 g/mol. The Morgan fingerprint density at radius 1 is 1.22 bits per heavy atom. The number of alkyl halides is 3. The van der Waals surface area contributed by atoms with Gasteiger partial charge in [-0.2, -0.15) is 13.2 Å². The number of aliphatic hydroxyl groups is 1. The van der Waals surface area contributed by atoms with Gasteiger partial charge in [0.15, 0.2) is 0 Å². The van der Waals surface area contributed by atoms with E-state index in [1.165, 1.54) is 6.92 Å². The minimum atomic E-state index is -4.19. The molecule has 0 spiro atoms. The molecule has 0 fully saturated rings. The molecule has 0 saturated heterocycles. The van der Waals surface area contributed by atoms with E-state index in [1.807, 2.05) is 6.92 Å². The van der Waals surface area contributed by atoms with E-state index in [0.717, 1.165) is 0 Å². The van der Waals surface area contributed by atoms with Crippen molar-refractivity contribution in [2.75, 3.05) is 33.0 Å². The molecule has 0 aliphatic heterocycles. The minimum Gasteiger partial charge on any atom is -0.389 e. The summed E-state index contributed by atoms with van der Waals surface area (Å²) in [5.41, 5.74) is 0. The number of hydrogen-bond acceptors (Lipinski definition) is 4. The maximum atomic E-state index is 12.0. The standard InChI is InChI=1S/C11H22F3NO3/c1-3-17-4-5-18-8-10(16)7-15-9(2)6-11(12,13)14/h9-10,15-16H,3-8H2,1-2H3. The third-order valence-corrected chi connectivity index (χ3v) is 2.13. The van der Waals surface area contributed by atoms with Crippen molar-refractivity contribution in [3.8, 4) is 0 Å². The van der Waals surface area contributed by atoms with Gasteiger partial charge in [0.05, 0.1) is 32.3 Å². The van der Waals surface area contributed by atoms with Gasteiger partial charge in [-0.3, -0.25) is 0 Å². The van der Waals surface area contributed by atoms with Crippen molar-refractivity contribution in [1.29, 1.82) is 0 Å². The molecule has 7 heteroatoms. The first-order valence-corrected chi connectivity index (χ1v) is 5.98. The van der Waals surface area contributed by atoms with Crippen molar-refractivity contribution in [1.82, 2.24) is 5.32 Å². The second kappa shape index (κ2) is 9.55. The van der Waals surface area contributed by atoms with E-state index in [0.29, 0.717) is 19.8 Å². The Bertz CT molecular complexity index is 202. The van der Waals surface area contributed by atoms with E-state index < -0.39 is 24.7 Å². The lowest BCUT2D eigenvalue weighted by atomic mass is 10.2. The molecule has 0 rings (SSSR count). The van der Waals surface area contributed by atoms with Gasteiger partial charge in [-0.1, -0.05) is 0 Å². The molecule has 2 N–H and O–H groups in total. The second-order valence-corrected chi connectivity index (χ2v) is 4.05. The lowest BCUT2D eigenvalue weighted by Gasteiger charge is -2.18. The molecule has 2 atom stereocenters. The Hall–Kier alpha value is -0.370. The first-order valence-electron chi connectivity index (χ1n) is 5.98. The van der Waals surface area contributed by atoms with Gasteiger partial charge in [-0.15, -0.1) is 0 Å². The van der Waals surface area contributed by atoms with Crippen LogP contribution in [0.2, 0.25) is 0 Å². The van der Waals surface area contributed by atoms with Crippen LogP contribution in [-0.2, 0) is 9.47 Å². The zero-order valence-electron chi connectivity index (χ0n) is 10.8. The molecule has 0 aromatic carbocycles. The second-order valence-electron chi connectivity index (χ2n) is 4.05. The molecule has 18 heavy (non-hydrogen) atoms. The summed E-state index contributed by atoms with van der Waals surface area (Å²) >= 11 is 0. The third-order valence-electron chi connectivity index (χ3n) is 2.13. The van der Waals surface area contributed by atoms with Crippen LogP contribution in [0, 0.1) is 0 Å². The molecule has 0 saturated carbocycles. The van der Waals surface area contributed by atoms with Crippen molar-refractivity contribution in [3.05, 3.63) is 0 Å². The molecular formula is C11H22F3NO3. The van der Waals surface area contributed by atoms with Gasteiger partial charge in [-0.05, 0) is 13.8 Å². The summed E-state index contributed by atoms with van der Waals surface area (Å²) in [5, 5.41) is 12.1. The molecule has 0 aliphatic carbocycles. The number of halogens is 3. The molecule has 0 aromatic rings. The van der Waals surface area contributed by atoms with Crippen LogP contribution < -0.4 is 5.32 Å². The van der Waals surface area contributed by atoms with Crippen LogP contribution in [0.5, 0.6) is 0 Å². The highest BCUT2D eigenvalue weighted by Crippen LogP contribution is 2.21. The maximum absolute atomic E-state index is 12.0. The monoisotopic (exact) mass is 273 g/mol. The van der Waals surface area contributed by atoms with E-state index in [2.05, 4.69) is 5.32 Å². The van der Waals surface area contributed by atoms with Crippen molar-refractivity contribution >= 4 is 0 Å². The van der Waals surface area contributed by atoms with Gasteiger partial charge < -0.3 is 19.9 Å². The molecule has 0 radical (unpaired) electrons. The highest BCUT2D eigenvalue weighted by Gasteiger charge is 2.29. The number of ether oxygens (including phenoxy) is 2. The van der Waals surface area contributed by atoms with Crippen molar-refractivity contribution in [3.63, 3.8) is 0 Å². The Balaban J connectivity index is 3.49. The first kappa shape index (κ1) is 17.6. The Kier molecular flexibility index (Phi) is 9.35. The van der Waals surface area contributed by atoms with Gasteiger partial charge in [-0.25, -0.2) is 0 Å². The van der Waals surface area contributed by atoms with Crippen LogP contribution >= 0.6 is 0 Å². The first-order chi connectivity index (χ1) is 8.35. The van der Waals surface area contributed by atoms with E-state index >= 15 is 0 Å². The fourth-order valence-electron chi connectivity index (χ4n) is 1.30. The molecular weight excluding hydrogens is 251 g/mol. The fourth-order valence-corrected chi connectivity index (χ4v) is 1.30. The van der Waals surface area contributed by atoms with Crippen LogP contribution in [0.1, 0.15) is 20.3 Å². The molecule has 0 heterocycles. The molecule has 0 bridgehead atoms. The lowest BCUT2D eigenvalue weighted by Crippen LogP contribution is -2.38. The van der Waals surface area contributed by atoms with E-state index in [1.54, 1.807) is 0 Å². The molecule has 110 valence electrons. The molecule has 4 nitrogen and oxygen atoms in total. The van der Waals surface area contributed by atoms with Crippen LogP contribution in [-0.4, -0.2) is 56.4 Å². The summed E-state index contributed by atoms with van der Waals surface area (Å²) in [6, 6.07) is -0.719. The Morgan fingerprint density at radius 2 is 1.83 bits per heavy atom. The number of rotatable bonds is 10. The smallest absolute Gasteiger partial charge is 0.389 e. The zero-order chi connectivity index (χ0) is 14.0. The normalized spacial score (nSPS) is 15.7. The predicted octanol–water partition coefficient (Wildman–Crippen LogP) is 1.33. The molecule has 0 aromatic heterocycles. The zero-order valence-corrected chi connectivity index (χ0v) is 10.8. The minimum absolute atomic E-state index is 0.0753. The number of nitrogens with one attached hydrogen (secondary N) is 1. The van der Waals surface area contributed by atoms with Crippen LogP contribution in [0.15, 0.2) is 0 Å². The fraction of sp³-hybridized carbons (Fsp3) is 1.00. The maximum Gasteiger partial charge on any atom is 0.390 e. The van der Waals surface area contributed by atoms with E-state index in [4.69, 9.17) is 9.47 Å².